The molecule has 3 aliphatic heterocycles. The Morgan fingerprint density at radius 2 is 1.62 bits per heavy atom. The van der Waals surface area contributed by atoms with Crippen LogP contribution in [0.4, 0.5) is 0 Å². The van der Waals surface area contributed by atoms with Gasteiger partial charge >= 0.3 is 0 Å². The summed E-state index contributed by atoms with van der Waals surface area (Å²) >= 11 is 0. The number of amides is 1. The number of rotatable bonds is 1. The summed E-state index contributed by atoms with van der Waals surface area (Å²) in [6.07, 6.45) is 7.61. The molecule has 0 saturated carbocycles. The van der Waals surface area contributed by atoms with Crippen molar-refractivity contribution in [3.05, 3.63) is 71.8 Å². The molecule has 2 bridgehead atoms. The highest BCUT2D eigenvalue weighted by molar-refractivity contribution is 5.90. The van der Waals surface area contributed by atoms with Crippen molar-refractivity contribution in [1.82, 2.24) is 4.90 Å². The van der Waals surface area contributed by atoms with Crippen LogP contribution in [-0.2, 0) is 4.79 Å². The minimum atomic E-state index is -0.263. The summed E-state index contributed by atoms with van der Waals surface area (Å²) < 4.78 is 6.03. The zero-order chi connectivity index (χ0) is 16.1. The molecule has 0 aromatic heterocycles. The van der Waals surface area contributed by atoms with Crippen molar-refractivity contribution in [3.63, 3.8) is 0 Å². The quantitative estimate of drug-likeness (QED) is 0.736. The van der Waals surface area contributed by atoms with E-state index in [9.17, 15) is 4.79 Å². The molecule has 1 amide bonds. The number of carbonyl (C=O) groups excluding carboxylic acids is 1. The van der Waals surface area contributed by atoms with Gasteiger partial charge in [-0.25, -0.2) is 0 Å². The fourth-order valence-electron chi connectivity index (χ4n) is 4.39. The topological polar surface area (TPSA) is 29.5 Å². The lowest BCUT2D eigenvalue weighted by molar-refractivity contribution is -0.134. The van der Waals surface area contributed by atoms with E-state index >= 15 is 0 Å². The molecular formula is C21H19NO2. The van der Waals surface area contributed by atoms with E-state index in [0.717, 1.165) is 41.9 Å². The number of para-hydroxylation sites is 2. The van der Waals surface area contributed by atoms with Gasteiger partial charge in [-0.05, 0) is 31.4 Å². The van der Waals surface area contributed by atoms with Gasteiger partial charge in [-0.1, -0.05) is 48.6 Å². The van der Waals surface area contributed by atoms with Crippen LogP contribution in [0.2, 0.25) is 0 Å². The Hall–Kier alpha value is -2.55. The summed E-state index contributed by atoms with van der Waals surface area (Å²) in [5.74, 6) is 1.56. The van der Waals surface area contributed by atoms with Crippen LogP contribution in [0, 0.1) is 0 Å². The molecule has 3 heterocycles. The number of nitrogens with zero attached hydrogens (tertiary/aromatic N) is 1. The van der Waals surface area contributed by atoms with Gasteiger partial charge in [0.05, 0.1) is 12.0 Å². The first-order chi connectivity index (χ1) is 11.8. The second kappa shape index (κ2) is 5.23. The molecule has 0 aliphatic carbocycles. The van der Waals surface area contributed by atoms with Crippen molar-refractivity contribution in [1.29, 1.82) is 0 Å². The summed E-state index contributed by atoms with van der Waals surface area (Å²) in [6, 6.07) is 16.5. The zero-order valence-corrected chi connectivity index (χ0v) is 13.4. The van der Waals surface area contributed by atoms with Crippen LogP contribution in [0.5, 0.6) is 11.5 Å². The maximum atomic E-state index is 13.6. The molecule has 120 valence electrons. The molecule has 0 spiro atoms. The molecule has 0 radical (unpaired) electrons. The third-order valence-electron chi connectivity index (χ3n) is 5.49. The Bertz CT molecular complexity index is 796. The van der Waals surface area contributed by atoms with E-state index in [1.165, 1.54) is 0 Å². The highest BCUT2D eigenvalue weighted by Gasteiger charge is 2.43. The smallest absolute Gasteiger partial charge is 0.235 e. The van der Waals surface area contributed by atoms with E-state index in [1.54, 1.807) is 0 Å². The minimum absolute atomic E-state index is 0.218. The molecular weight excluding hydrogens is 298 g/mol. The predicted octanol–water partition coefficient (Wildman–Crippen LogP) is 4.24. The molecule has 0 N–H and O–H groups in total. The number of carbonyl (C=O) groups is 1. The third-order valence-corrected chi connectivity index (χ3v) is 5.49. The number of hydrogen-bond acceptors (Lipinski definition) is 2. The molecule has 5 rings (SSSR count). The van der Waals surface area contributed by atoms with Crippen molar-refractivity contribution in [2.45, 2.75) is 37.3 Å². The monoisotopic (exact) mass is 317 g/mol. The van der Waals surface area contributed by atoms with Gasteiger partial charge in [-0.3, -0.25) is 4.79 Å². The van der Waals surface area contributed by atoms with Gasteiger partial charge in [0.2, 0.25) is 5.91 Å². The number of ether oxygens (including phenoxy) is 1. The average Bonchev–Trinajstić information content (AvgIpc) is 2.87. The fraction of sp³-hybridized carbons (Fsp3) is 0.286. The van der Waals surface area contributed by atoms with Gasteiger partial charge < -0.3 is 9.64 Å². The SMILES string of the molecule is O=C(C1c2ccccc2Oc2ccccc21)N1[C@H]2CC=C[C@H]1CC2. The molecule has 0 unspecified atom stereocenters. The Morgan fingerprint density at radius 1 is 0.958 bits per heavy atom. The van der Waals surface area contributed by atoms with Crippen LogP contribution in [0.3, 0.4) is 0 Å². The summed E-state index contributed by atoms with van der Waals surface area (Å²) in [4.78, 5) is 15.7. The molecule has 3 aliphatic rings. The van der Waals surface area contributed by atoms with E-state index in [2.05, 4.69) is 17.1 Å². The van der Waals surface area contributed by atoms with Gasteiger partial charge in [0, 0.05) is 17.2 Å². The van der Waals surface area contributed by atoms with Gasteiger partial charge in [0.25, 0.3) is 0 Å². The van der Waals surface area contributed by atoms with Gasteiger partial charge in [0.1, 0.15) is 11.5 Å². The van der Waals surface area contributed by atoms with Gasteiger partial charge in [-0.15, -0.1) is 0 Å². The largest absolute Gasteiger partial charge is 0.457 e. The van der Waals surface area contributed by atoms with Crippen molar-refractivity contribution in [2.24, 2.45) is 0 Å². The maximum absolute atomic E-state index is 13.6. The highest BCUT2D eigenvalue weighted by atomic mass is 16.5. The van der Waals surface area contributed by atoms with Crippen molar-refractivity contribution >= 4 is 5.91 Å². The fourth-order valence-corrected chi connectivity index (χ4v) is 4.39. The Labute approximate surface area is 141 Å². The Balaban J connectivity index is 1.63. The van der Waals surface area contributed by atoms with Crippen LogP contribution >= 0.6 is 0 Å². The van der Waals surface area contributed by atoms with E-state index < -0.39 is 0 Å². The van der Waals surface area contributed by atoms with E-state index in [-0.39, 0.29) is 17.9 Å². The molecule has 24 heavy (non-hydrogen) atoms. The molecule has 3 nitrogen and oxygen atoms in total. The zero-order valence-electron chi connectivity index (χ0n) is 13.4. The van der Waals surface area contributed by atoms with E-state index in [1.807, 2.05) is 48.5 Å². The van der Waals surface area contributed by atoms with E-state index in [0.29, 0.717) is 6.04 Å². The lowest BCUT2D eigenvalue weighted by Gasteiger charge is -2.36. The molecule has 1 fully saturated rings. The lowest BCUT2D eigenvalue weighted by Crippen LogP contribution is -2.45. The number of benzene rings is 2. The maximum Gasteiger partial charge on any atom is 0.235 e. The van der Waals surface area contributed by atoms with Gasteiger partial charge in [0.15, 0.2) is 0 Å². The second-order valence-corrected chi connectivity index (χ2v) is 6.82. The second-order valence-electron chi connectivity index (χ2n) is 6.82. The normalized spacial score (nSPS) is 24.2. The Morgan fingerprint density at radius 3 is 2.29 bits per heavy atom. The predicted molar refractivity (Wildman–Crippen MR) is 92.2 cm³/mol. The summed E-state index contributed by atoms with van der Waals surface area (Å²) in [5, 5.41) is 0. The summed E-state index contributed by atoms with van der Waals surface area (Å²) in [7, 11) is 0. The summed E-state index contributed by atoms with van der Waals surface area (Å²) in [6.45, 7) is 0. The summed E-state index contributed by atoms with van der Waals surface area (Å²) in [5.41, 5.74) is 1.96. The average molecular weight is 317 g/mol. The molecule has 3 heteroatoms. The van der Waals surface area contributed by atoms with Crippen LogP contribution in [0.15, 0.2) is 60.7 Å². The third kappa shape index (κ3) is 1.94. The molecule has 2 aromatic rings. The number of hydrogen-bond donors (Lipinski definition) is 0. The lowest BCUT2D eigenvalue weighted by atomic mass is 9.86. The molecule has 2 atom stereocenters. The van der Waals surface area contributed by atoms with Crippen molar-refractivity contribution in [3.8, 4) is 11.5 Å². The van der Waals surface area contributed by atoms with Crippen molar-refractivity contribution in [2.75, 3.05) is 0 Å². The first-order valence-electron chi connectivity index (χ1n) is 8.67. The first kappa shape index (κ1) is 13.8. The van der Waals surface area contributed by atoms with Crippen LogP contribution in [0.1, 0.15) is 36.3 Å². The molecule has 2 aromatic carbocycles. The Kier molecular flexibility index (Phi) is 3.02. The van der Waals surface area contributed by atoms with E-state index in [4.69, 9.17) is 4.74 Å². The molecule has 1 saturated heterocycles. The highest BCUT2D eigenvalue weighted by Crippen LogP contribution is 2.46. The van der Waals surface area contributed by atoms with Gasteiger partial charge in [-0.2, -0.15) is 0 Å². The van der Waals surface area contributed by atoms with Crippen LogP contribution in [-0.4, -0.2) is 22.9 Å². The first-order valence-corrected chi connectivity index (χ1v) is 8.67. The minimum Gasteiger partial charge on any atom is -0.457 e. The van der Waals surface area contributed by atoms with Crippen molar-refractivity contribution < 1.29 is 9.53 Å². The van der Waals surface area contributed by atoms with Crippen LogP contribution < -0.4 is 4.74 Å². The standard InChI is InChI=1S/C21H19NO2/c23-21(22-14-6-5-7-15(22)13-12-14)20-16-8-1-3-10-18(16)24-19-11-4-2-9-17(19)20/h1-6,8-11,14-15,20H,7,12-13H2/t14-,15-/m0/s1. The van der Waals surface area contributed by atoms with Crippen LogP contribution in [0.25, 0.3) is 0 Å². The number of fused-ring (bicyclic) bond motifs is 4.